The quantitative estimate of drug-likeness (QED) is 0.741. The van der Waals surface area contributed by atoms with E-state index in [2.05, 4.69) is 10.3 Å². The van der Waals surface area contributed by atoms with Crippen molar-refractivity contribution >= 4 is 23.0 Å². The van der Waals surface area contributed by atoms with Crippen molar-refractivity contribution in [2.75, 3.05) is 12.4 Å². The van der Waals surface area contributed by atoms with Gasteiger partial charge in [0.1, 0.15) is 5.52 Å². The van der Waals surface area contributed by atoms with Crippen LogP contribution >= 0.6 is 0 Å². The maximum atomic E-state index is 11.0. The zero-order chi connectivity index (χ0) is 10.1. The van der Waals surface area contributed by atoms with Crippen LogP contribution in [0.5, 0.6) is 0 Å². The molecule has 3 N–H and O–H groups in total. The van der Waals surface area contributed by atoms with Crippen molar-refractivity contribution in [3.63, 3.8) is 0 Å². The molecule has 0 atom stereocenters. The normalized spacial score (nSPS) is 10.4. The number of carbonyl (C=O) groups excluding carboxylic acids is 1. The van der Waals surface area contributed by atoms with Crippen molar-refractivity contribution in [3.8, 4) is 0 Å². The van der Waals surface area contributed by atoms with Gasteiger partial charge in [0.25, 0.3) is 11.9 Å². The van der Waals surface area contributed by atoms with E-state index in [0.29, 0.717) is 22.7 Å². The van der Waals surface area contributed by atoms with Crippen LogP contribution in [0.2, 0.25) is 0 Å². The van der Waals surface area contributed by atoms with Crippen LogP contribution < -0.4 is 11.1 Å². The predicted molar refractivity (Wildman–Crippen MR) is 52.1 cm³/mol. The highest BCUT2D eigenvalue weighted by Crippen LogP contribution is 2.21. The summed E-state index contributed by atoms with van der Waals surface area (Å²) >= 11 is 0. The first kappa shape index (κ1) is 8.55. The number of hydrogen-bond donors (Lipinski definition) is 2. The second-order valence-corrected chi connectivity index (χ2v) is 2.79. The number of nitrogens with one attached hydrogen (secondary N) is 1. The van der Waals surface area contributed by atoms with E-state index in [1.165, 1.54) is 0 Å². The number of para-hydroxylation sites is 1. The second kappa shape index (κ2) is 3.02. The molecule has 2 aromatic rings. The fraction of sp³-hybridized carbons (Fsp3) is 0.111. The topological polar surface area (TPSA) is 81.1 Å². The number of nitrogens with zero attached hydrogens (tertiary/aromatic N) is 1. The van der Waals surface area contributed by atoms with E-state index in [1.54, 1.807) is 25.2 Å². The van der Waals surface area contributed by atoms with Gasteiger partial charge in [0.2, 0.25) is 0 Å². The molecule has 0 radical (unpaired) electrons. The Hall–Kier alpha value is -2.04. The molecule has 1 aromatic heterocycles. The number of primary amides is 1. The van der Waals surface area contributed by atoms with Gasteiger partial charge in [0.05, 0.1) is 5.56 Å². The maximum absolute atomic E-state index is 11.0. The SMILES string of the molecule is CNc1nc2c(C(N)=O)cccc2o1. The number of aromatic nitrogens is 1. The smallest absolute Gasteiger partial charge is 0.295 e. The van der Waals surface area contributed by atoms with Crippen molar-refractivity contribution in [2.45, 2.75) is 0 Å². The van der Waals surface area contributed by atoms with E-state index in [1.807, 2.05) is 0 Å². The van der Waals surface area contributed by atoms with Gasteiger partial charge in [-0.05, 0) is 12.1 Å². The summed E-state index contributed by atoms with van der Waals surface area (Å²) in [6.45, 7) is 0. The molecule has 14 heavy (non-hydrogen) atoms. The van der Waals surface area contributed by atoms with Crippen molar-refractivity contribution in [1.82, 2.24) is 4.98 Å². The molecular weight excluding hydrogens is 182 g/mol. The number of amides is 1. The van der Waals surface area contributed by atoms with Crippen LogP contribution in [0.25, 0.3) is 11.1 Å². The molecule has 0 bridgehead atoms. The zero-order valence-electron chi connectivity index (χ0n) is 7.57. The number of hydrogen-bond acceptors (Lipinski definition) is 4. The second-order valence-electron chi connectivity index (χ2n) is 2.79. The third kappa shape index (κ3) is 1.19. The van der Waals surface area contributed by atoms with E-state index < -0.39 is 5.91 Å². The minimum atomic E-state index is -0.508. The lowest BCUT2D eigenvalue weighted by molar-refractivity contribution is 0.100. The Balaban J connectivity index is 2.73. The summed E-state index contributed by atoms with van der Waals surface area (Å²) in [5.74, 6) is -0.508. The van der Waals surface area contributed by atoms with Crippen molar-refractivity contribution < 1.29 is 9.21 Å². The lowest BCUT2D eigenvalue weighted by Crippen LogP contribution is -2.11. The van der Waals surface area contributed by atoms with Crippen LogP contribution in [0.4, 0.5) is 6.01 Å². The Morgan fingerprint density at radius 2 is 2.36 bits per heavy atom. The number of carbonyl (C=O) groups is 1. The fourth-order valence-corrected chi connectivity index (χ4v) is 1.25. The Labute approximate surface area is 79.9 Å². The largest absolute Gasteiger partial charge is 0.424 e. The Bertz CT molecular complexity index is 490. The van der Waals surface area contributed by atoms with Gasteiger partial charge in [-0.2, -0.15) is 4.98 Å². The number of fused-ring (bicyclic) bond motifs is 1. The van der Waals surface area contributed by atoms with Gasteiger partial charge < -0.3 is 15.5 Å². The summed E-state index contributed by atoms with van der Waals surface area (Å²) in [5.41, 5.74) is 6.59. The van der Waals surface area contributed by atoms with Gasteiger partial charge in [0.15, 0.2) is 5.58 Å². The van der Waals surface area contributed by atoms with Crippen LogP contribution in [0.15, 0.2) is 22.6 Å². The first-order valence-corrected chi connectivity index (χ1v) is 4.09. The first-order valence-electron chi connectivity index (χ1n) is 4.09. The van der Waals surface area contributed by atoms with Crippen LogP contribution in [-0.4, -0.2) is 17.9 Å². The highest BCUT2D eigenvalue weighted by molar-refractivity contribution is 6.03. The lowest BCUT2D eigenvalue weighted by Gasteiger charge is -1.93. The first-order chi connectivity index (χ1) is 6.72. The molecular formula is C9H9N3O2. The van der Waals surface area contributed by atoms with E-state index >= 15 is 0 Å². The van der Waals surface area contributed by atoms with Gasteiger partial charge in [0, 0.05) is 7.05 Å². The number of benzene rings is 1. The Morgan fingerprint density at radius 3 is 3.00 bits per heavy atom. The molecule has 1 heterocycles. The molecule has 5 heteroatoms. The van der Waals surface area contributed by atoms with E-state index in [-0.39, 0.29) is 0 Å². The van der Waals surface area contributed by atoms with E-state index in [9.17, 15) is 4.79 Å². The van der Waals surface area contributed by atoms with Crippen LogP contribution in [0, 0.1) is 0 Å². The average molecular weight is 191 g/mol. The molecule has 0 unspecified atom stereocenters. The standard InChI is InChI=1S/C9H9N3O2/c1-11-9-12-7-5(8(10)13)3-2-4-6(7)14-9/h2-4H,1H3,(H2,10,13)(H,11,12). The van der Waals surface area contributed by atoms with Gasteiger partial charge in [-0.15, -0.1) is 0 Å². The molecule has 0 aliphatic heterocycles. The molecule has 0 saturated heterocycles. The molecule has 72 valence electrons. The number of anilines is 1. The molecule has 1 amide bonds. The molecule has 0 saturated carbocycles. The highest BCUT2D eigenvalue weighted by atomic mass is 16.4. The molecule has 0 aliphatic rings. The van der Waals surface area contributed by atoms with E-state index in [0.717, 1.165) is 0 Å². The van der Waals surface area contributed by atoms with Crippen molar-refractivity contribution in [1.29, 1.82) is 0 Å². The monoisotopic (exact) mass is 191 g/mol. The van der Waals surface area contributed by atoms with Gasteiger partial charge in [-0.25, -0.2) is 0 Å². The molecule has 0 aliphatic carbocycles. The predicted octanol–water partition coefficient (Wildman–Crippen LogP) is 0.968. The Morgan fingerprint density at radius 1 is 1.57 bits per heavy atom. The maximum Gasteiger partial charge on any atom is 0.295 e. The third-order valence-corrected chi connectivity index (χ3v) is 1.90. The molecule has 2 rings (SSSR count). The fourth-order valence-electron chi connectivity index (χ4n) is 1.25. The molecule has 0 fully saturated rings. The summed E-state index contributed by atoms with van der Waals surface area (Å²) in [7, 11) is 1.69. The summed E-state index contributed by atoms with van der Waals surface area (Å²) in [5, 5.41) is 2.75. The van der Waals surface area contributed by atoms with Crippen LogP contribution in [0.3, 0.4) is 0 Å². The van der Waals surface area contributed by atoms with Gasteiger partial charge in [-0.1, -0.05) is 6.07 Å². The van der Waals surface area contributed by atoms with Crippen LogP contribution in [-0.2, 0) is 0 Å². The Kier molecular flexibility index (Phi) is 1.85. The highest BCUT2D eigenvalue weighted by Gasteiger charge is 2.11. The number of oxazole rings is 1. The average Bonchev–Trinajstić information content (AvgIpc) is 2.59. The minimum absolute atomic E-state index is 0.368. The van der Waals surface area contributed by atoms with Crippen LogP contribution in [0.1, 0.15) is 10.4 Å². The van der Waals surface area contributed by atoms with Crippen molar-refractivity contribution in [2.24, 2.45) is 5.73 Å². The molecule has 0 spiro atoms. The lowest BCUT2D eigenvalue weighted by atomic mass is 10.2. The van der Waals surface area contributed by atoms with Crippen molar-refractivity contribution in [3.05, 3.63) is 23.8 Å². The number of nitrogens with two attached hydrogens (primary N) is 1. The van der Waals surface area contributed by atoms with Gasteiger partial charge in [-0.3, -0.25) is 4.79 Å². The summed E-state index contributed by atoms with van der Waals surface area (Å²) in [4.78, 5) is 15.1. The van der Waals surface area contributed by atoms with Gasteiger partial charge >= 0.3 is 0 Å². The zero-order valence-corrected chi connectivity index (χ0v) is 7.57. The summed E-state index contributed by atoms with van der Waals surface area (Å²) < 4.78 is 5.28. The molecule has 5 nitrogen and oxygen atoms in total. The minimum Gasteiger partial charge on any atom is -0.424 e. The summed E-state index contributed by atoms with van der Waals surface area (Å²) in [6, 6.07) is 5.42. The van der Waals surface area contributed by atoms with E-state index in [4.69, 9.17) is 10.2 Å². The summed E-state index contributed by atoms with van der Waals surface area (Å²) in [6.07, 6.45) is 0. The number of rotatable bonds is 2. The molecule has 1 aromatic carbocycles. The third-order valence-electron chi connectivity index (χ3n) is 1.90.